The largest absolute Gasteiger partial charge is 0.473 e. The number of benzene rings is 1. The number of carbonyl (C=O) groups excluding carboxylic acids is 1. The van der Waals surface area contributed by atoms with Crippen molar-refractivity contribution < 1.29 is 14.3 Å². The molecule has 1 saturated heterocycles. The predicted molar refractivity (Wildman–Crippen MR) is 116 cm³/mol. The third-order valence-electron chi connectivity index (χ3n) is 5.11. The molecule has 2 heterocycles. The first-order valence-corrected chi connectivity index (χ1v) is 10.4. The molecule has 2 aromatic rings. The van der Waals surface area contributed by atoms with Crippen LogP contribution in [-0.4, -0.2) is 48.6 Å². The standard InChI is InChI=1S/C23H30N4O3/c1-3-29-22(28)20-10-13-27(14-11-20)23(24-2)26-16-19-9-12-25-21(15-19)30-17-18-7-5-4-6-8-18/h4-9,12,15,20H,3,10-11,13-14,16-17H2,1-2H3,(H,24,26). The van der Waals surface area contributed by atoms with Crippen LogP contribution in [0.1, 0.15) is 30.9 Å². The molecule has 1 N–H and O–H groups in total. The summed E-state index contributed by atoms with van der Waals surface area (Å²) in [5.74, 6) is 1.34. The van der Waals surface area contributed by atoms with Crippen LogP contribution in [-0.2, 0) is 22.7 Å². The summed E-state index contributed by atoms with van der Waals surface area (Å²) in [6, 6.07) is 13.9. The molecule has 1 fully saturated rings. The SMILES string of the molecule is CCOC(=O)C1CCN(C(=NC)NCc2ccnc(OCc3ccccc3)c2)CC1. The number of hydrogen-bond acceptors (Lipinski definition) is 5. The summed E-state index contributed by atoms with van der Waals surface area (Å²) in [6.45, 7) is 4.95. The number of esters is 1. The average Bonchev–Trinajstić information content (AvgIpc) is 2.80. The molecule has 3 rings (SSSR count). The summed E-state index contributed by atoms with van der Waals surface area (Å²) in [7, 11) is 1.78. The van der Waals surface area contributed by atoms with Gasteiger partial charge in [-0.25, -0.2) is 4.98 Å². The van der Waals surface area contributed by atoms with Crippen molar-refractivity contribution in [3.05, 3.63) is 59.8 Å². The predicted octanol–water partition coefficient (Wildman–Crippen LogP) is 3.01. The smallest absolute Gasteiger partial charge is 0.309 e. The van der Waals surface area contributed by atoms with Crippen LogP contribution in [0.5, 0.6) is 5.88 Å². The number of guanidine groups is 1. The van der Waals surface area contributed by atoms with Crippen LogP contribution in [0.2, 0.25) is 0 Å². The topological polar surface area (TPSA) is 76.0 Å². The summed E-state index contributed by atoms with van der Waals surface area (Å²) >= 11 is 0. The van der Waals surface area contributed by atoms with Gasteiger partial charge in [0.1, 0.15) is 6.61 Å². The van der Waals surface area contributed by atoms with E-state index in [0.717, 1.165) is 43.0 Å². The monoisotopic (exact) mass is 410 g/mol. The molecule has 7 heteroatoms. The van der Waals surface area contributed by atoms with Gasteiger partial charge in [0.25, 0.3) is 0 Å². The van der Waals surface area contributed by atoms with Crippen molar-refractivity contribution in [1.82, 2.24) is 15.2 Å². The summed E-state index contributed by atoms with van der Waals surface area (Å²) in [6.07, 6.45) is 3.32. The Hall–Kier alpha value is -3.09. The van der Waals surface area contributed by atoms with E-state index in [-0.39, 0.29) is 11.9 Å². The number of aromatic nitrogens is 1. The Morgan fingerprint density at radius 2 is 1.97 bits per heavy atom. The molecule has 0 atom stereocenters. The van der Waals surface area contributed by atoms with E-state index in [1.165, 1.54) is 0 Å². The van der Waals surface area contributed by atoms with Gasteiger partial charge >= 0.3 is 5.97 Å². The zero-order valence-corrected chi connectivity index (χ0v) is 17.7. The fourth-order valence-electron chi connectivity index (χ4n) is 3.47. The Morgan fingerprint density at radius 3 is 2.67 bits per heavy atom. The second-order valence-corrected chi connectivity index (χ2v) is 7.19. The molecular weight excluding hydrogens is 380 g/mol. The van der Waals surface area contributed by atoms with Crippen LogP contribution in [0.25, 0.3) is 0 Å². The van der Waals surface area contributed by atoms with Gasteiger partial charge in [-0.1, -0.05) is 30.3 Å². The summed E-state index contributed by atoms with van der Waals surface area (Å²) < 4.78 is 11.0. The van der Waals surface area contributed by atoms with E-state index >= 15 is 0 Å². The lowest BCUT2D eigenvalue weighted by molar-refractivity contribution is -0.149. The minimum atomic E-state index is -0.0834. The number of rotatable bonds is 7. The first kappa shape index (κ1) is 21.6. The van der Waals surface area contributed by atoms with Crippen LogP contribution in [0.15, 0.2) is 53.7 Å². The van der Waals surface area contributed by atoms with Crippen molar-refractivity contribution >= 4 is 11.9 Å². The third-order valence-corrected chi connectivity index (χ3v) is 5.11. The number of nitrogens with zero attached hydrogens (tertiary/aromatic N) is 3. The molecule has 160 valence electrons. The van der Waals surface area contributed by atoms with Crippen LogP contribution >= 0.6 is 0 Å². The Balaban J connectivity index is 1.49. The zero-order valence-electron chi connectivity index (χ0n) is 17.7. The van der Waals surface area contributed by atoms with Gasteiger partial charge in [-0.3, -0.25) is 9.79 Å². The number of hydrogen-bond donors (Lipinski definition) is 1. The zero-order chi connectivity index (χ0) is 21.2. The summed E-state index contributed by atoms with van der Waals surface area (Å²) in [5, 5.41) is 3.40. The molecule has 1 aromatic carbocycles. The molecular formula is C23H30N4O3. The number of ether oxygens (including phenoxy) is 2. The van der Waals surface area contributed by atoms with Crippen molar-refractivity contribution in [2.45, 2.75) is 32.9 Å². The number of aliphatic imine (C=N–C) groups is 1. The highest BCUT2D eigenvalue weighted by Gasteiger charge is 2.27. The van der Waals surface area contributed by atoms with Gasteiger partial charge in [0.15, 0.2) is 5.96 Å². The van der Waals surface area contributed by atoms with Gasteiger partial charge in [0.2, 0.25) is 5.88 Å². The van der Waals surface area contributed by atoms with Crippen LogP contribution in [0.4, 0.5) is 0 Å². The van der Waals surface area contributed by atoms with E-state index in [9.17, 15) is 4.79 Å². The fraction of sp³-hybridized carbons (Fsp3) is 0.435. The Kier molecular flexibility index (Phi) is 8.06. The Labute approximate surface area is 178 Å². The van der Waals surface area contributed by atoms with E-state index < -0.39 is 0 Å². The highest BCUT2D eigenvalue weighted by atomic mass is 16.5. The average molecular weight is 411 g/mol. The Morgan fingerprint density at radius 1 is 1.20 bits per heavy atom. The Bertz CT molecular complexity index is 833. The molecule has 0 aliphatic carbocycles. The van der Waals surface area contributed by atoms with Gasteiger partial charge in [-0.05, 0) is 37.0 Å². The van der Waals surface area contributed by atoms with Crippen molar-refractivity contribution in [3.63, 3.8) is 0 Å². The van der Waals surface area contributed by atoms with Gasteiger partial charge in [0, 0.05) is 38.9 Å². The fourth-order valence-corrected chi connectivity index (χ4v) is 3.47. The lowest BCUT2D eigenvalue weighted by Crippen LogP contribution is -2.46. The first-order valence-electron chi connectivity index (χ1n) is 10.4. The van der Waals surface area contributed by atoms with Gasteiger partial charge < -0.3 is 19.7 Å². The highest BCUT2D eigenvalue weighted by molar-refractivity contribution is 5.80. The molecule has 1 aliphatic rings. The lowest BCUT2D eigenvalue weighted by atomic mass is 9.97. The van der Waals surface area contributed by atoms with Crippen molar-refractivity contribution in [1.29, 1.82) is 0 Å². The van der Waals surface area contributed by atoms with E-state index in [4.69, 9.17) is 9.47 Å². The minimum absolute atomic E-state index is 0.0103. The molecule has 0 amide bonds. The van der Waals surface area contributed by atoms with E-state index in [0.29, 0.717) is 25.6 Å². The molecule has 0 radical (unpaired) electrons. The van der Waals surface area contributed by atoms with Crippen LogP contribution in [0, 0.1) is 5.92 Å². The van der Waals surface area contributed by atoms with Crippen LogP contribution < -0.4 is 10.1 Å². The van der Waals surface area contributed by atoms with Crippen molar-refractivity contribution in [2.75, 3.05) is 26.7 Å². The molecule has 0 spiro atoms. The van der Waals surface area contributed by atoms with E-state index in [1.54, 1.807) is 13.2 Å². The van der Waals surface area contributed by atoms with Crippen molar-refractivity contribution in [2.24, 2.45) is 10.9 Å². The molecule has 30 heavy (non-hydrogen) atoms. The molecule has 1 aliphatic heterocycles. The quantitative estimate of drug-likeness (QED) is 0.430. The number of piperidine rings is 1. The van der Waals surface area contributed by atoms with E-state index in [2.05, 4.69) is 20.2 Å². The summed E-state index contributed by atoms with van der Waals surface area (Å²) in [5.41, 5.74) is 2.17. The number of pyridine rings is 1. The number of likely N-dealkylation sites (tertiary alicyclic amines) is 1. The number of carbonyl (C=O) groups is 1. The highest BCUT2D eigenvalue weighted by Crippen LogP contribution is 2.19. The molecule has 0 saturated carbocycles. The normalized spacial score (nSPS) is 15.0. The molecule has 7 nitrogen and oxygen atoms in total. The van der Waals surface area contributed by atoms with Gasteiger partial charge in [-0.2, -0.15) is 0 Å². The maximum atomic E-state index is 11.9. The second-order valence-electron chi connectivity index (χ2n) is 7.19. The molecule has 0 unspecified atom stereocenters. The first-order chi connectivity index (χ1) is 14.7. The van der Waals surface area contributed by atoms with Gasteiger partial charge in [0.05, 0.1) is 12.5 Å². The molecule has 0 bridgehead atoms. The minimum Gasteiger partial charge on any atom is -0.473 e. The second kappa shape index (κ2) is 11.2. The van der Waals surface area contributed by atoms with Crippen molar-refractivity contribution in [3.8, 4) is 5.88 Å². The molecule has 1 aromatic heterocycles. The third kappa shape index (κ3) is 6.20. The summed E-state index contributed by atoms with van der Waals surface area (Å²) in [4.78, 5) is 22.8. The van der Waals surface area contributed by atoms with Gasteiger partial charge in [-0.15, -0.1) is 0 Å². The number of nitrogens with one attached hydrogen (secondary N) is 1. The maximum absolute atomic E-state index is 11.9. The van der Waals surface area contributed by atoms with Crippen LogP contribution in [0.3, 0.4) is 0 Å². The maximum Gasteiger partial charge on any atom is 0.309 e. The van der Waals surface area contributed by atoms with E-state index in [1.807, 2.05) is 49.4 Å². The lowest BCUT2D eigenvalue weighted by Gasteiger charge is -2.33.